The normalized spacial score (nSPS) is 10.0. The molecule has 0 saturated heterocycles. The van der Waals surface area contributed by atoms with Gasteiger partial charge in [-0.1, -0.05) is 6.07 Å². The van der Waals surface area contributed by atoms with Crippen LogP contribution in [0.15, 0.2) is 40.6 Å². The lowest BCUT2D eigenvalue weighted by Crippen LogP contribution is -1.96. The maximum Gasteiger partial charge on any atom is 0.182 e. The Morgan fingerprint density at radius 3 is 2.92 bits per heavy atom. The number of thiophene rings is 1. The minimum Gasteiger partial charge on any atom is -0.360 e. The first-order chi connectivity index (χ1) is 5.86. The molecule has 60 valence electrons. The van der Waals surface area contributed by atoms with E-state index in [1.807, 2.05) is 17.5 Å². The minimum atomic E-state index is 0.0390. The Hall–Kier alpha value is -1.35. The molecule has 2 nitrogen and oxygen atoms in total. The highest BCUT2D eigenvalue weighted by Crippen LogP contribution is 2.20. The van der Waals surface area contributed by atoms with Crippen LogP contribution in [0, 0.1) is 0 Å². The average Bonchev–Trinajstić information content (AvgIpc) is 2.56. The molecular weight excluding hydrogens is 170 g/mol. The van der Waals surface area contributed by atoms with E-state index in [1.54, 1.807) is 23.6 Å². The van der Waals surface area contributed by atoms with E-state index in [4.69, 9.17) is 0 Å². The van der Waals surface area contributed by atoms with Gasteiger partial charge in [-0.05, 0) is 11.4 Å². The summed E-state index contributed by atoms with van der Waals surface area (Å²) in [6, 6.07) is 7.06. The van der Waals surface area contributed by atoms with Crippen molar-refractivity contribution in [3.8, 4) is 10.6 Å². The molecule has 0 aliphatic rings. The first-order valence-electron chi connectivity index (χ1n) is 3.59. The van der Waals surface area contributed by atoms with Crippen LogP contribution < -0.4 is 5.43 Å². The van der Waals surface area contributed by atoms with Gasteiger partial charge in [-0.15, -0.1) is 11.3 Å². The van der Waals surface area contributed by atoms with E-state index in [0.717, 1.165) is 10.6 Å². The lowest BCUT2D eigenvalue weighted by molar-refractivity contribution is 1.32. The van der Waals surface area contributed by atoms with Crippen molar-refractivity contribution >= 4 is 11.3 Å². The first-order valence-corrected chi connectivity index (χ1v) is 4.47. The molecule has 0 aliphatic carbocycles. The third-order valence-corrected chi connectivity index (χ3v) is 2.46. The quantitative estimate of drug-likeness (QED) is 0.711. The molecule has 2 heterocycles. The highest BCUT2D eigenvalue weighted by atomic mass is 32.1. The molecule has 0 fully saturated rings. The maximum atomic E-state index is 11.0. The van der Waals surface area contributed by atoms with Crippen LogP contribution in [-0.2, 0) is 0 Å². The molecule has 1 N–H and O–H groups in total. The van der Waals surface area contributed by atoms with Gasteiger partial charge in [-0.2, -0.15) is 0 Å². The van der Waals surface area contributed by atoms with Crippen LogP contribution >= 0.6 is 11.3 Å². The van der Waals surface area contributed by atoms with Gasteiger partial charge in [-0.3, -0.25) is 4.79 Å². The molecule has 0 unspecified atom stereocenters. The second-order valence-electron chi connectivity index (χ2n) is 2.42. The van der Waals surface area contributed by atoms with Gasteiger partial charge in [0.15, 0.2) is 5.43 Å². The van der Waals surface area contributed by atoms with Crippen LogP contribution in [0.5, 0.6) is 0 Å². The summed E-state index contributed by atoms with van der Waals surface area (Å²) in [5, 5.41) is 1.99. The van der Waals surface area contributed by atoms with Gasteiger partial charge in [0.2, 0.25) is 0 Å². The highest BCUT2D eigenvalue weighted by molar-refractivity contribution is 7.13. The first kappa shape index (κ1) is 7.31. The SMILES string of the molecule is O=c1cc[nH]c(-c2cccs2)c1. The molecule has 0 aliphatic heterocycles. The van der Waals surface area contributed by atoms with Crippen molar-refractivity contribution in [2.75, 3.05) is 0 Å². The summed E-state index contributed by atoms with van der Waals surface area (Å²) < 4.78 is 0. The summed E-state index contributed by atoms with van der Waals surface area (Å²) in [6.45, 7) is 0. The molecule has 0 amide bonds. The number of pyridine rings is 1. The third kappa shape index (κ3) is 1.31. The lowest BCUT2D eigenvalue weighted by Gasteiger charge is -1.94. The Morgan fingerprint density at radius 1 is 1.33 bits per heavy atom. The van der Waals surface area contributed by atoms with Crippen molar-refractivity contribution in [1.29, 1.82) is 0 Å². The molecule has 0 radical (unpaired) electrons. The second-order valence-corrected chi connectivity index (χ2v) is 3.36. The summed E-state index contributed by atoms with van der Waals surface area (Å²) in [6.07, 6.45) is 1.66. The van der Waals surface area contributed by atoms with E-state index in [-0.39, 0.29) is 5.43 Å². The van der Waals surface area contributed by atoms with Gasteiger partial charge >= 0.3 is 0 Å². The fraction of sp³-hybridized carbons (Fsp3) is 0. The number of aromatic nitrogens is 1. The largest absolute Gasteiger partial charge is 0.360 e. The van der Waals surface area contributed by atoms with Gasteiger partial charge < -0.3 is 4.98 Å². The molecular formula is C9H7NOS. The van der Waals surface area contributed by atoms with E-state index in [0.29, 0.717) is 0 Å². The van der Waals surface area contributed by atoms with Gasteiger partial charge in [-0.25, -0.2) is 0 Å². The molecule has 0 spiro atoms. The molecule has 0 atom stereocenters. The van der Waals surface area contributed by atoms with Crippen LogP contribution in [0.2, 0.25) is 0 Å². The number of H-pyrrole nitrogens is 1. The summed E-state index contributed by atoms with van der Waals surface area (Å²) >= 11 is 1.61. The van der Waals surface area contributed by atoms with E-state index < -0.39 is 0 Å². The zero-order chi connectivity index (χ0) is 8.39. The van der Waals surface area contributed by atoms with Gasteiger partial charge in [0.25, 0.3) is 0 Å². The van der Waals surface area contributed by atoms with Crippen molar-refractivity contribution in [1.82, 2.24) is 4.98 Å². The van der Waals surface area contributed by atoms with Crippen molar-refractivity contribution < 1.29 is 0 Å². The molecule has 2 aromatic heterocycles. The Balaban J connectivity index is 2.55. The molecule has 12 heavy (non-hydrogen) atoms. The van der Waals surface area contributed by atoms with Crippen LogP contribution in [-0.4, -0.2) is 4.98 Å². The predicted molar refractivity (Wildman–Crippen MR) is 50.4 cm³/mol. The van der Waals surface area contributed by atoms with Crippen molar-refractivity contribution in [3.63, 3.8) is 0 Å². The summed E-state index contributed by atoms with van der Waals surface area (Å²) in [7, 11) is 0. The third-order valence-electron chi connectivity index (χ3n) is 1.56. The highest BCUT2D eigenvalue weighted by Gasteiger charge is 1.97. The number of nitrogens with one attached hydrogen (secondary N) is 1. The van der Waals surface area contributed by atoms with Gasteiger partial charge in [0.05, 0.1) is 10.6 Å². The Kier molecular flexibility index (Phi) is 1.80. The topological polar surface area (TPSA) is 32.9 Å². The van der Waals surface area contributed by atoms with Crippen molar-refractivity contribution in [2.45, 2.75) is 0 Å². The monoisotopic (exact) mass is 177 g/mol. The average molecular weight is 177 g/mol. The number of rotatable bonds is 1. The lowest BCUT2D eigenvalue weighted by atomic mass is 10.3. The maximum absolute atomic E-state index is 11.0. The Morgan fingerprint density at radius 2 is 2.25 bits per heavy atom. The molecule has 2 aromatic rings. The fourth-order valence-electron chi connectivity index (χ4n) is 1.02. The zero-order valence-electron chi connectivity index (χ0n) is 6.28. The summed E-state index contributed by atoms with van der Waals surface area (Å²) in [5.41, 5.74) is 0.926. The standard InChI is InChI=1S/C9H7NOS/c11-7-3-4-10-8(6-7)9-2-1-5-12-9/h1-6H,(H,10,11). The number of hydrogen-bond donors (Lipinski definition) is 1. The van der Waals surface area contributed by atoms with E-state index in [2.05, 4.69) is 4.98 Å². The Bertz CT molecular complexity index is 416. The smallest absolute Gasteiger partial charge is 0.182 e. The van der Waals surface area contributed by atoms with Crippen LogP contribution in [0.1, 0.15) is 0 Å². The van der Waals surface area contributed by atoms with Crippen molar-refractivity contribution in [3.05, 3.63) is 46.1 Å². The van der Waals surface area contributed by atoms with Crippen LogP contribution in [0.4, 0.5) is 0 Å². The van der Waals surface area contributed by atoms with Crippen LogP contribution in [0.25, 0.3) is 10.6 Å². The van der Waals surface area contributed by atoms with E-state index in [1.165, 1.54) is 6.07 Å². The fourth-order valence-corrected chi connectivity index (χ4v) is 1.73. The summed E-state index contributed by atoms with van der Waals surface area (Å²) in [5.74, 6) is 0. The Labute approximate surface area is 73.5 Å². The molecule has 0 bridgehead atoms. The molecule has 3 heteroatoms. The van der Waals surface area contributed by atoms with Crippen LogP contribution in [0.3, 0.4) is 0 Å². The summed E-state index contributed by atoms with van der Waals surface area (Å²) in [4.78, 5) is 15.1. The van der Waals surface area contributed by atoms with Crippen molar-refractivity contribution in [2.24, 2.45) is 0 Å². The van der Waals surface area contributed by atoms with Gasteiger partial charge in [0, 0.05) is 18.3 Å². The molecule has 2 rings (SSSR count). The number of aromatic amines is 1. The van der Waals surface area contributed by atoms with E-state index in [9.17, 15) is 4.79 Å². The van der Waals surface area contributed by atoms with E-state index >= 15 is 0 Å². The minimum absolute atomic E-state index is 0.0390. The molecule has 0 aromatic carbocycles. The second kappa shape index (κ2) is 2.95. The predicted octanol–water partition coefficient (Wildman–Crippen LogP) is 2.10. The zero-order valence-corrected chi connectivity index (χ0v) is 7.10. The number of hydrogen-bond acceptors (Lipinski definition) is 2. The molecule has 0 saturated carbocycles. The van der Waals surface area contributed by atoms with Gasteiger partial charge in [0.1, 0.15) is 0 Å².